The molecule has 0 bridgehead atoms. The first-order valence-corrected chi connectivity index (χ1v) is 7.19. The van der Waals surface area contributed by atoms with E-state index in [9.17, 15) is 14.0 Å². The topological polar surface area (TPSA) is 61.4 Å². The molecular formula is C15H21ClFN3O2. The van der Waals surface area contributed by atoms with Gasteiger partial charge in [-0.05, 0) is 46.0 Å². The largest absolute Gasteiger partial charge is 0.350 e. The van der Waals surface area contributed by atoms with Crippen LogP contribution in [0, 0.1) is 5.82 Å². The maximum atomic E-state index is 13.5. The van der Waals surface area contributed by atoms with Gasteiger partial charge in [0.1, 0.15) is 5.82 Å². The van der Waals surface area contributed by atoms with Crippen molar-refractivity contribution in [3.8, 4) is 0 Å². The van der Waals surface area contributed by atoms with E-state index in [4.69, 9.17) is 11.6 Å². The molecule has 2 amide bonds. The number of carbonyl (C=O) groups is 2. The van der Waals surface area contributed by atoms with Gasteiger partial charge in [0, 0.05) is 10.6 Å². The smallest absolute Gasteiger partial charge is 0.238 e. The summed E-state index contributed by atoms with van der Waals surface area (Å²) >= 11 is 5.76. The molecule has 1 aromatic rings. The number of nitrogens with one attached hydrogen (secondary N) is 2. The average molecular weight is 330 g/mol. The first-order valence-electron chi connectivity index (χ1n) is 6.81. The van der Waals surface area contributed by atoms with Crippen molar-refractivity contribution >= 4 is 29.1 Å². The number of nitrogens with zero attached hydrogens (tertiary/aromatic N) is 1. The van der Waals surface area contributed by atoms with Crippen LogP contribution in [0.5, 0.6) is 0 Å². The van der Waals surface area contributed by atoms with E-state index in [0.29, 0.717) is 5.02 Å². The molecule has 1 rings (SSSR count). The fourth-order valence-corrected chi connectivity index (χ4v) is 1.96. The summed E-state index contributed by atoms with van der Waals surface area (Å²) in [6.07, 6.45) is 0. The average Bonchev–Trinajstić information content (AvgIpc) is 2.30. The van der Waals surface area contributed by atoms with Gasteiger partial charge in [-0.15, -0.1) is 0 Å². The Hall–Kier alpha value is -1.66. The number of hydrogen-bond acceptors (Lipinski definition) is 3. The maximum absolute atomic E-state index is 13.5. The van der Waals surface area contributed by atoms with Gasteiger partial charge in [-0.2, -0.15) is 0 Å². The Morgan fingerprint density at radius 2 is 1.82 bits per heavy atom. The Morgan fingerprint density at radius 1 is 1.23 bits per heavy atom. The van der Waals surface area contributed by atoms with Crippen molar-refractivity contribution < 1.29 is 14.0 Å². The van der Waals surface area contributed by atoms with E-state index in [1.54, 1.807) is 11.9 Å². The molecule has 0 aliphatic rings. The molecule has 2 N–H and O–H groups in total. The van der Waals surface area contributed by atoms with Gasteiger partial charge in [-0.1, -0.05) is 11.6 Å². The van der Waals surface area contributed by atoms with Gasteiger partial charge >= 0.3 is 0 Å². The SMILES string of the molecule is CN(CC(=O)Nc1cc(Cl)ccc1F)CC(=O)NC(C)(C)C. The second kappa shape index (κ2) is 7.56. The lowest BCUT2D eigenvalue weighted by Crippen LogP contribution is -2.46. The summed E-state index contributed by atoms with van der Waals surface area (Å²) < 4.78 is 13.5. The van der Waals surface area contributed by atoms with E-state index in [1.807, 2.05) is 20.8 Å². The normalized spacial score (nSPS) is 11.4. The second-order valence-corrected chi connectivity index (χ2v) is 6.58. The summed E-state index contributed by atoms with van der Waals surface area (Å²) in [7, 11) is 1.64. The molecule has 0 fully saturated rings. The zero-order valence-electron chi connectivity index (χ0n) is 13.2. The standard InChI is InChI=1S/C15H21ClFN3O2/c1-15(2,3)19-14(22)9-20(4)8-13(21)18-12-7-10(16)5-6-11(12)17/h5-7H,8-9H2,1-4H3,(H,18,21)(H,19,22). The van der Waals surface area contributed by atoms with Crippen LogP contribution >= 0.6 is 11.6 Å². The summed E-state index contributed by atoms with van der Waals surface area (Å²) in [5, 5.41) is 5.56. The molecule has 0 saturated heterocycles. The molecule has 0 atom stereocenters. The van der Waals surface area contributed by atoms with Gasteiger partial charge in [-0.25, -0.2) is 4.39 Å². The van der Waals surface area contributed by atoms with Crippen LogP contribution < -0.4 is 10.6 Å². The van der Waals surface area contributed by atoms with Gasteiger partial charge in [0.25, 0.3) is 0 Å². The highest BCUT2D eigenvalue weighted by Gasteiger charge is 2.17. The molecule has 0 aliphatic heterocycles. The van der Waals surface area contributed by atoms with Crippen molar-refractivity contribution in [2.45, 2.75) is 26.3 Å². The number of halogens is 2. The van der Waals surface area contributed by atoms with Crippen molar-refractivity contribution in [1.82, 2.24) is 10.2 Å². The van der Waals surface area contributed by atoms with Crippen LogP contribution in [0.4, 0.5) is 10.1 Å². The van der Waals surface area contributed by atoms with Crippen molar-refractivity contribution in [2.24, 2.45) is 0 Å². The molecule has 1 aromatic carbocycles. The molecular weight excluding hydrogens is 309 g/mol. The number of benzene rings is 1. The number of rotatable bonds is 5. The summed E-state index contributed by atoms with van der Waals surface area (Å²) in [5.41, 5.74) is -0.311. The zero-order valence-corrected chi connectivity index (χ0v) is 13.9. The molecule has 0 radical (unpaired) electrons. The van der Waals surface area contributed by atoms with Gasteiger partial charge in [-0.3, -0.25) is 14.5 Å². The Labute approximate surface area is 134 Å². The van der Waals surface area contributed by atoms with Gasteiger partial charge < -0.3 is 10.6 Å². The van der Waals surface area contributed by atoms with Crippen LogP contribution in [0.2, 0.25) is 5.02 Å². The minimum Gasteiger partial charge on any atom is -0.350 e. The molecule has 0 saturated carbocycles. The van der Waals surface area contributed by atoms with Crippen LogP contribution in [0.15, 0.2) is 18.2 Å². The first-order chi connectivity index (χ1) is 10.1. The third-order valence-corrected chi connectivity index (χ3v) is 2.78. The molecule has 0 aromatic heterocycles. The van der Waals surface area contributed by atoms with E-state index in [1.165, 1.54) is 18.2 Å². The predicted molar refractivity (Wildman–Crippen MR) is 85.4 cm³/mol. The number of anilines is 1. The predicted octanol–water partition coefficient (Wildman–Crippen LogP) is 2.26. The number of carbonyl (C=O) groups excluding carboxylic acids is 2. The van der Waals surface area contributed by atoms with Crippen molar-refractivity contribution in [1.29, 1.82) is 0 Å². The van der Waals surface area contributed by atoms with Gasteiger partial charge in [0.2, 0.25) is 11.8 Å². The third kappa shape index (κ3) is 6.87. The first kappa shape index (κ1) is 18.4. The van der Waals surface area contributed by atoms with Crippen molar-refractivity contribution in [3.63, 3.8) is 0 Å². The summed E-state index contributed by atoms with van der Waals surface area (Å²) in [6, 6.07) is 3.91. The second-order valence-electron chi connectivity index (χ2n) is 6.14. The summed E-state index contributed by atoms with van der Waals surface area (Å²) in [4.78, 5) is 25.1. The fraction of sp³-hybridized carbons (Fsp3) is 0.467. The van der Waals surface area contributed by atoms with E-state index in [2.05, 4.69) is 10.6 Å². The van der Waals surface area contributed by atoms with Crippen LogP contribution in [-0.2, 0) is 9.59 Å². The lowest BCUT2D eigenvalue weighted by atomic mass is 10.1. The van der Waals surface area contributed by atoms with Gasteiger partial charge in [0.05, 0.1) is 18.8 Å². The highest BCUT2D eigenvalue weighted by molar-refractivity contribution is 6.30. The van der Waals surface area contributed by atoms with E-state index < -0.39 is 11.7 Å². The van der Waals surface area contributed by atoms with Crippen LogP contribution in [0.1, 0.15) is 20.8 Å². The van der Waals surface area contributed by atoms with E-state index in [-0.39, 0.29) is 30.2 Å². The van der Waals surface area contributed by atoms with E-state index >= 15 is 0 Å². The summed E-state index contributed by atoms with van der Waals surface area (Å²) in [5.74, 6) is -1.17. The Morgan fingerprint density at radius 3 is 2.41 bits per heavy atom. The summed E-state index contributed by atoms with van der Waals surface area (Å²) in [6.45, 7) is 5.66. The van der Waals surface area contributed by atoms with Crippen LogP contribution in [0.3, 0.4) is 0 Å². The lowest BCUT2D eigenvalue weighted by Gasteiger charge is -2.23. The lowest BCUT2D eigenvalue weighted by molar-refractivity contribution is -0.124. The van der Waals surface area contributed by atoms with Crippen LogP contribution in [0.25, 0.3) is 0 Å². The Bertz CT molecular complexity index is 558. The third-order valence-electron chi connectivity index (χ3n) is 2.54. The minimum absolute atomic E-state index is 0.0186. The number of likely N-dealkylation sites (N-methyl/N-ethyl adjacent to an activating group) is 1. The molecule has 22 heavy (non-hydrogen) atoms. The monoisotopic (exact) mass is 329 g/mol. The molecule has 0 unspecified atom stereocenters. The Kier molecular flexibility index (Phi) is 6.32. The molecule has 7 heteroatoms. The molecule has 0 heterocycles. The maximum Gasteiger partial charge on any atom is 0.238 e. The number of hydrogen-bond donors (Lipinski definition) is 2. The van der Waals surface area contributed by atoms with E-state index in [0.717, 1.165) is 0 Å². The Balaban J connectivity index is 2.51. The highest BCUT2D eigenvalue weighted by atomic mass is 35.5. The van der Waals surface area contributed by atoms with Crippen molar-refractivity contribution in [2.75, 3.05) is 25.5 Å². The van der Waals surface area contributed by atoms with Gasteiger partial charge in [0.15, 0.2) is 0 Å². The number of amides is 2. The highest BCUT2D eigenvalue weighted by Crippen LogP contribution is 2.19. The molecule has 0 aliphatic carbocycles. The fourth-order valence-electron chi connectivity index (χ4n) is 1.79. The molecule has 122 valence electrons. The molecule has 5 nitrogen and oxygen atoms in total. The minimum atomic E-state index is -0.564. The van der Waals surface area contributed by atoms with Crippen molar-refractivity contribution in [3.05, 3.63) is 29.0 Å². The van der Waals surface area contributed by atoms with Crippen LogP contribution in [-0.4, -0.2) is 42.4 Å². The quantitative estimate of drug-likeness (QED) is 0.871. The molecule has 0 spiro atoms. The zero-order chi connectivity index (χ0) is 16.9.